The van der Waals surface area contributed by atoms with E-state index in [0.717, 1.165) is 12.1 Å². The van der Waals surface area contributed by atoms with Gasteiger partial charge in [0.25, 0.3) is 0 Å². The van der Waals surface area contributed by atoms with Crippen molar-refractivity contribution in [3.8, 4) is 0 Å². The second-order valence-corrected chi connectivity index (χ2v) is 4.09. The molecule has 0 N–H and O–H groups in total. The molecule has 0 aliphatic heterocycles. The van der Waals surface area contributed by atoms with Gasteiger partial charge < -0.3 is 0 Å². The molecule has 1 aromatic heterocycles. The van der Waals surface area contributed by atoms with Crippen LogP contribution >= 0.6 is 0 Å². The fourth-order valence-corrected chi connectivity index (χ4v) is 1.75. The summed E-state index contributed by atoms with van der Waals surface area (Å²) in [7, 11) is 0. The minimum absolute atomic E-state index is 0.263. The number of halogens is 3. The predicted octanol–water partition coefficient (Wildman–Crippen LogP) is 3.64. The molecule has 0 fully saturated rings. The molecule has 0 bridgehead atoms. The highest BCUT2D eigenvalue weighted by Crippen LogP contribution is 2.30. The van der Waals surface area contributed by atoms with Crippen LogP contribution < -0.4 is 0 Å². The third-order valence-electron chi connectivity index (χ3n) is 2.74. The summed E-state index contributed by atoms with van der Waals surface area (Å²) >= 11 is 0. The lowest BCUT2D eigenvalue weighted by molar-refractivity contribution is -0.137. The second kappa shape index (κ2) is 4.84. The monoisotopic (exact) mass is 265 g/mol. The Bertz CT molecular complexity index is 606. The fourth-order valence-electron chi connectivity index (χ4n) is 1.75. The van der Waals surface area contributed by atoms with E-state index in [9.17, 15) is 18.0 Å². The van der Waals surface area contributed by atoms with Crippen LogP contribution in [0.5, 0.6) is 0 Å². The van der Waals surface area contributed by atoms with E-state index >= 15 is 0 Å². The number of alkyl halides is 3. The standard InChI is InChI=1S/C14H10F3NO/c1-9-8-11(14(15,16)17)2-3-12(9)13(19)10-4-6-18-7-5-10/h2-8H,1H3. The van der Waals surface area contributed by atoms with Crippen molar-refractivity contribution in [2.75, 3.05) is 0 Å². The number of hydrogen-bond donors (Lipinski definition) is 0. The third-order valence-corrected chi connectivity index (χ3v) is 2.74. The molecule has 0 radical (unpaired) electrons. The van der Waals surface area contributed by atoms with Gasteiger partial charge in [0.05, 0.1) is 5.56 Å². The van der Waals surface area contributed by atoms with Crippen molar-refractivity contribution in [3.63, 3.8) is 0 Å². The molecule has 5 heteroatoms. The highest BCUT2D eigenvalue weighted by atomic mass is 19.4. The lowest BCUT2D eigenvalue weighted by Crippen LogP contribution is -2.09. The third kappa shape index (κ3) is 2.81. The van der Waals surface area contributed by atoms with Crippen molar-refractivity contribution in [1.82, 2.24) is 4.98 Å². The molecule has 0 unspecified atom stereocenters. The fraction of sp³-hybridized carbons (Fsp3) is 0.143. The molecule has 1 aromatic carbocycles. The molecule has 1 heterocycles. The van der Waals surface area contributed by atoms with Crippen molar-refractivity contribution in [1.29, 1.82) is 0 Å². The van der Waals surface area contributed by atoms with Crippen LogP contribution in [0.25, 0.3) is 0 Å². The second-order valence-electron chi connectivity index (χ2n) is 4.09. The zero-order valence-electron chi connectivity index (χ0n) is 10.0. The van der Waals surface area contributed by atoms with Gasteiger partial charge in [-0.1, -0.05) is 6.07 Å². The minimum atomic E-state index is -4.40. The summed E-state index contributed by atoms with van der Waals surface area (Å²) in [4.78, 5) is 15.9. The van der Waals surface area contributed by atoms with E-state index in [4.69, 9.17) is 0 Å². The summed E-state index contributed by atoms with van der Waals surface area (Å²) in [5.41, 5.74) is 0.213. The van der Waals surface area contributed by atoms with Crippen LogP contribution in [-0.2, 0) is 6.18 Å². The molecule has 0 amide bonds. The Morgan fingerprint density at radius 1 is 1.11 bits per heavy atom. The van der Waals surface area contributed by atoms with Gasteiger partial charge in [0, 0.05) is 23.5 Å². The largest absolute Gasteiger partial charge is 0.416 e. The molecular formula is C14H10F3NO. The van der Waals surface area contributed by atoms with Crippen LogP contribution in [0.2, 0.25) is 0 Å². The van der Waals surface area contributed by atoms with Crippen molar-refractivity contribution in [3.05, 3.63) is 65.0 Å². The average Bonchev–Trinajstić information content (AvgIpc) is 2.38. The number of hydrogen-bond acceptors (Lipinski definition) is 2. The van der Waals surface area contributed by atoms with Gasteiger partial charge in [-0.3, -0.25) is 9.78 Å². The lowest BCUT2D eigenvalue weighted by Gasteiger charge is -2.10. The molecule has 0 aliphatic carbocycles. The highest BCUT2D eigenvalue weighted by Gasteiger charge is 2.31. The maximum Gasteiger partial charge on any atom is 0.416 e. The summed E-state index contributed by atoms with van der Waals surface area (Å²) in [6, 6.07) is 6.16. The summed E-state index contributed by atoms with van der Waals surface area (Å²) in [6.07, 6.45) is -1.47. The van der Waals surface area contributed by atoms with Crippen molar-refractivity contribution in [2.24, 2.45) is 0 Å². The molecule has 19 heavy (non-hydrogen) atoms. The van der Waals surface area contributed by atoms with Gasteiger partial charge in [-0.15, -0.1) is 0 Å². The van der Waals surface area contributed by atoms with E-state index in [0.29, 0.717) is 11.1 Å². The maximum absolute atomic E-state index is 12.5. The first kappa shape index (κ1) is 13.3. The Morgan fingerprint density at radius 2 is 1.74 bits per heavy atom. The zero-order valence-corrected chi connectivity index (χ0v) is 10.0. The zero-order chi connectivity index (χ0) is 14.0. The van der Waals surface area contributed by atoms with Crippen LogP contribution in [0.1, 0.15) is 27.0 Å². The van der Waals surface area contributed by atoms with Crippen molar-refractivity contribution >= 4 is 5.78 Å². The number of aromatic nitrogens is 1. The van der Waals surface area contributed by atoms with Gasteiger partial charge in [0.15, 0.2) is 5.78 Å². The molecule has 2 nitrogen and oxygen atoms in total. The Kier molecular flexibility index (Phi) is 3.38. The van der Waals surface area contributed by atoms with Crippen LogP contribution in [0.15, 0.2) is 42.7 Å². The van der Waals surface area contributed by atoms with E-state index in [2.05, 4.69) is 4.98 Å². The van der Waals surface area contributed by atoms with Crippen molar-refractivity contribution < 1.29 is 18.0 Å². The van der Waals surface area contributed by atoms with Gasteiger partial charge >= 0.3 is 6.18 Å². The molecule has 0 saturated carbocycles. The first-order chi connectivity index (χ1) is 8.89. The molecule has 0 saturated heterocycles. The number of aryl methyl sites for hydroxylation is 1. The van der Waals surface area contributed by atoms with Gasteiger partial charge in [0.2, 0.25) is 0 Å². The van der Waals surface area contributed by atoms with Gasteiger partial charge in [0.1, 0.15) is 0 Å². The normalized spacial score (nSPS) is 11.4. The highest BCUT2D eigenvalue weighted by molar-refractivity contribution is 6.09. The van der Waals surface area contributed by atoms with Crippen LogP contribution in [0, 0.1) is 6.92 Å². The molecule has 2 rings (SSSR count). The first-order valence-corrected chi connectivity index (χ1v) is 5.52. The smallest absolute Gasteiger partial charge is 0.289 e. The van der Waals surface area contributed by atoms with E-state index in [1.165, 1.54) is 37.5 Å². The number of carbonyl (C=O) groups excluding carboxylic acids is 1. The lowest BCUT2D eigenvalue weighted by atomic mass is 9.98. The topological polar surface area (TPSA) is 30.0 Å². The summed E-state index contributed by atoms with van der Waals surface area (Å²) < 4.78 is 37.6. The van der Waals surface area contributed by atoms with Crippen LogP contribution in [0.3, 0.4) is 0 Å². The van der Waals surface area contributed by atoms with E-state index < -0.39 is 11.7 Å². The van der Waals surface area contributed by atoms with Gasteiger partial charge in [-0.2, -0.15) is 13.2 Å². The molecule has 0 atom stereocenters. The van der Waals surface area contributed by atoms with E-state index in [1.54, 1.807) is 0 Å². The number of rotatable bonds is 2. The quantitative estimate of drug-likeness (QED) is 0.776. The summed E-state index contributed by atoms with van der Waals surface area (Å²) in [5.74, 6) is -0.311. The van der Waals surface area contributed by atoms with Gasteiger partial charge in [-0.05, 0) is 36.8 Å². The maximum atomic E-state index is 12.5. The molecule has 0 spiro atoms. The number of ketones is 1. The van der Waals surface area contributed by atoms with E-state index in [1.807, 2.05) is 0 Å². The Hall–Kier alpha value is -2.17. The first-order valence-electron chi connectivity index (χ1n) is 5.52. The Labute approximate surface area is 107 Å². The van der Waals surface area contributed by atoms with E-state index in [-0.39, 0.29) is 11.3 Å². The Balaban J connectivity index is 2.40. The number of benzene rings is 1. The molecule has 98 valence electrons. The summed E-state index contributed by atoms with van der Waals surface area (Å²) in [5, 5.41) is 0. The molecule has 2 aromatic rings. The molecule has 0 aliphatic rings. The number of pyridine rings is 1. The van der Waals surface area contributed by atoms with Crippen LogP contribution in [0.4, 0.5) is 13.2 Å². The van der Waals surface area contributed by atoms with Gasteiger partial charge in [-0.25, -0.2) is 0 Å². The van der Waals surface area contributed by atoms with Crippen LogP contribution in [-0.4, -0.2) is 10.8 Å². The average molecular weight is 265 g/mol. The number of nitrogens with zero attached hydrogens (tertiary/aromatic N) is 1. The predicted molar refractivity (Wildman–Crippen MR) is 63.9 cm³/mol. The Morgan fingerprint density at radius 3 is 2.26 bits per heavy atom. The minimum Gasteiger partial charge on any atom is -0.289 e. The molecular weight excluding hydrogens is 255 g/mol. The summed E-state index contributed by atoms with van der Waals surface area (Å²) in [6.45, 7) is 1.49. The SMILES string of the molecule is Cc1cc(C(F)(F)F)ccc1C(=O)c1ccncc1. The number of carbonyl (C=O) groups is 1. The van der Waals surface area contributed by atoms with Crippen molar-refractivity contribution in [2.45, 2.75) is 13.1 Å².